The van der Waals surface area contributed by atoms with Gasteiger partial charge in [-0.25, -0.2) is 0 Å². The molecule has 0 aromatic heterocycles. The predicted molar refractivity (Wildman–Crippen MR) is 76.4 cm³/mol. The van der Waals surface area contributed by atoms with Gasteiger partial charge in [0.05, 0.1) is 0 Å². The second-order valence-corrected chi connectivity index (χ2v) is 5.75. The highest BCUT2D eigenvalue weighted by molar-refractivity contribution is 5.86. The Hall–Kier alpha value is -0.850. The Kier molecular flexibility index (Phi) is 5.70. The topological polar surface area (TPSA) is 17.1 Å². The van der Waals surface area contributed by atoms with Gasteiger partial charge in [0, 0.05) is 11.8 Å². The fourth-order valence-corrected chi connectivity index (χ4v) is 3.07. The van der Waals surface area contributed by atoms with Crippen molar-refractivity contribution in [1.82, 2.24) is 0 Å². The highest BCUT2D eigenvalue weighted by Crippen LogP contribution is 2.25. The lowest BCUT2D eigenvalue weighted by atomic mass is 9.83. The van der Waals surface area contributed by atoms with E-state index in [4.69, 9.17) is 0 Å². The summed E-state index contributed by atoms with van der Waals surface area (Å²) in [6, 6.07) is 0. The highest BCUT2D eigenvalue weighted by Gasteiger charge is 2.23. The minimum Gasteiger partial charge on any atom is -0.298 e. The molecule has 0 saturated carbocycles. The number of hydrogen-bond donors (Lipinski definition) is 0. The van der Waals surface area contributed by atoms with E-state index in [0.717, 1.165) is 25.7 Å². The van der Waals surface area contributed by atoms with Crippen molar-refractivity contribution in [2.75, 3.05) is 0 Å². The standard InChI is InChI=1S/C17H26O/c18-17(15-11-7-3-1-4-8-12-15)16-13-9-5-2-6-10-14-16/h7,9,11,13,15-16H,1-6,8,10,12,14H2. The molecule has 2 unspecified atom stereocenters. The lowest BCUT2D eigenvalue weighted by Gasteiger charge is -2.20. The molecule has 0 aromatic carbocycles. The van der Waals surface area contributed by atoms with Crippen LogP contribution in [0.25, 0.3) is 0 Å². The van der Waals surface area contributed by atoms with Crippen LogP contribution in [-0.4, -0.2) is 5.78 Å². The van der Waals surface area contributed by atoms with Gasteiger partial charge >= 0.3 is 0 Å². The molecule has 0 N–H and O–H groups in total. The molecule has 0 fully saturated rings. The van der Waals surface area contributed by atoms with Crippen LogP contribution in [0.3, 0.4) is 0 Å². The number of rotatable bonds is 2. The molecule has 0 aromatic rings. The Bertz CT molecular complexity index is 284. The van der Waals surface area contributed by atoms with E-state index < -0.39 is 0 Å². The van der Waals surface area contributed by atoms with Crippen molar-refractivity contribution < 1.29 is 4.79 Å². The van der Waals surface area contributed by atoms with Crippen molar-refractivity contribution in [3.63, 3.8) is 0 Å². The molecule has 0 aliphatic heterocycles. The minimum atomic E-state index is 0.194. The normalized spacial score (nSPS) is 30.0. The number of ketones is 1. The fraction of sp³-hybridized carbons (Fsp3) is 0.706. The number of carbonyl (C=O) groups excluding carboxylic acids is 1. The van der Waals surface area contributed by atoms with Crippen LogP contribution in [0.5, 0.6) is 0 Å². The van der Waals surface area contributed by atoms with Crippen molar-refractivity contribution >= 4 is 5.78 Å². The molecular weight excluding hydrogens is 220 g/mol. The maximum Gasteiger partial charge on any atom is 0.146 e. The van der Waals surface area contributed by atoms with Crippen LogP contribution >= 0.6 is 0 Å². The zero-order valence-corrected chi connectivity index (χ0v) is 11.4. The maximum atomic E-state index is 12.6. The molecule has 2 atom stereocenters. The Labute approximate surface area is 111 Å². The first-order valence-corrected chi connectivity index (χ1v) is 7.75. The van der Waals surface area contributed by atoms with Gasteiger partial charge in [-0.1, -0.05) is 50.0 Å². The van der Waals surface area contributed by atoms with Gasteiger partial charge in [0.1, 0.15) is 5.78 Å². The van der Waals surface area contributed by atoms with E-state index in [2.05, 4.69) is 24.3 Å². The lowest BCUT2D eigenvalue weighted by Crippen LogP contribution is -2.22. The molecule has 1 heteroatoms. The monoisotopic (exact) mass is 246 g/mol. The molecule has 0 spiro atoms. The number of allylic oxidation sites excluding steroid dienone is 4. The van der Waals surface area contributed by atoms with Gasteiger partial charge in [0.2, 0.25) is 0 Å². The smallest absolute Gasteiger partial charge is 0.146 e. The number of carbonyl (C=O) groups is 1. The summed E-state index contributed by atoms with van der Waals surface area (Å²) < 4.78 is 0. The van der Waals surface area contributed by atoms with Crippen LogP contribution in [0.4, 0.5) is 0 Å². The van der Waals surface area contributed by atoms with Crippen molar-refractivity contribution in [3.05, 3.63) is 24.3 Å². The lowest BCUT2D eigenvalue weighted by molar-refractivity contribution is -0.124. The summed E-state index contributed by atoms with van der Waals surface area (Å²) in [6.45, 7) is 0. The summed E-state index contributed by atoms with van der Waals surface area (Å²) in [6.07, 6.45) is 20.9. The Balaban J connectivity index is 1.98. The zero-order valence-electron chi connectivity index (χ0n) is 11.4. The fourth-order valence-electron chi connectivity index (χ4n) is 3.07. The van der Waals surface area contributed by atoms with Crippen LogP contribution in [0.2, 0.25) is 0 Å². The maximum absolute atomic E-state index is 12.6. The Morgan fingerprint density at radius 2 is 1.22 bits per heavy atom. The average Bonchev–Trinajstić information content (AvgIpc) is 2.27. The van der Waals surface area contributed by atoms with E-state index >= 15 is 0 Å². The zero-order chi connectivity index (χ0) is 12.6. The first-order valence-electron chi connectivity index (χ1n) is 7.75. The van der Waals surface area contributed by atoms with Gasteiger partial charge in [-0.15, -0.1) is 0 Å². The van der Waals surface area contributed by atoms with Crippen molar-refractivity contribution in [1.29, 1.82) is 0 Å². The van der Waals surface area contributed by atoms with Crippen LogP contribution in [-0.2, 0) is 4.79 Å². The Morgan fingerprint density at radius 3 is 1.72 bits per heavy atom. The van der Waals surface area contributed by atoms with Crippen molar-refractivity contribution in [2.24, 2.45) is 11.8 Å². The molecule has 2 aliphatic carbocycles. The first kappa shape index (κ1) is 13.6. The SMILES string of the molecule is O=C(C1C=CCCCCC1)C1C=CCCCCC1. The summed E-state index contributed by atoms with van der Waals surface area (Å²) in [5.41, 5.74) is 0. The van der Waals surface area contributed by atoms with Crippen molar-refractivity contribution in [3.8, 4) is 0 Å². The van der Waals surface area contributed by atoms with Crippen molar-refractivity contribution in [2.45, 2.75) is 64.2 Å². The summed E-state index contributed by atoms with van der Waals surface area (Å²) in [5, 5.41) is 0. The number of Topliss-reactive ketones (excluding diaryl/α,β-unsaturated/α-hetero) is 1. The highest BCUT2D eigenvalue weighted by atomic mass is 16.1. The van der Waals surface area contributed by atoms with Gasteiger partial charge in [0.25, 0.3) is 0 Å². The van der Waals surface area contributed by atoms with E-state index in [0.29, 0.717) is 5.78 Å². The molecule has 18 heavy (non-hydrogen) atoms. The summed E-state index contributed by atoms with van der Waals surface area (Å²) >= 11 is 0. The summed E-state index contributed by atoms with van der Waals surface area (Å²) in [7, 11) is 0. The molecular formula is C17H26O. The van der Waals surface area contributed by atoms with Gasteiger partial charge in [-0.05, 0) is 38.5 Å². The third kappa shape index (κ3) is 4.12. The molecule has 0 bridgehead atoms. The van der Waals surface area contributed by atoms with E-state index in [1.807, 2.05) is 0 Å². The van der Waals surface area contributed by atoms with Gasteiger partial charge in [0.15, 0.2) is 0 Å². The van der Waals surface area contributed by atoms with E-state index in [9.17, 15) is 4.79 Å². The van der Waals surface area contributed by atoms with E-state index in [1.165, 1.54) is 38.5 Å². The van der Waals surface area contributed by atoms with Gasteiger partial charge in [-0.3, -0.25) is 4.79 Å². The summed E-state index contributed by atoms with van der Waals surface area (Å²) in [5.74, 6) is 0.866. The van der Waals surface area contributed by atoms with E-state index in [1.54, 1.807) is 0 Å². The quantitative estimate of drug-likeness (QED) is 0.638. The van der Waals surface area contributed by atoms with Crippen LogP contribution < -0.4 is 0 Å². The summed E-state index contributed by atoms with van der Waals surface area (Å²) in [4.78, 5) is 12.6. The molecule has 2 aliphatic rings. The van der Waals surface area contributed by atoms with E-state index in [-0.39, 0.29) is 11.8 Å². The predicted octanol–water partition coefficient (Wildman–Crippen LogP) is 4.83. The molecule has 100 valence electrons. The van der Waals surface area contributed by atoms with Gasteiger partial charge < -0.3 is 0 Å². The second-order valence-electron chi connectivity index (χ2n) is 5.75. The van der Waals surface area contributed by atoms with Crippen LogP contribution in [0.1, 0.15) is 64.2 Å². The molecule has 0 saturated heterocycles. The molecule has 0 heterocycles. The Morgan fingerprint density at radius 1 is 0.722 bits per heavy atom. The minimum absolute atomic E-state index is 0.194. The number of hydrogen-bond acceptors (Lipinski definition) is 1. The van der Waals surface area contributed by atoms with Gasteiger partial charge in [-0.2, -0.15) is 0 Å². The first-order chi connectivity index (χ1) is 8.88. The molecule has 1 nitrogen and oxygen atoms in total. The van der Waals surface area contributed by atoms with Crippen LogP contribution in [0.15, 0.2) is 24.3 Å². The van der Waals surface area contributed by atoms with Crippen LogP contribution in [0, 0.1) is 11.8 Å². The second kappa shape index (κ2) is 7.56. The average molecular weight is 246 g/mol. The third-order valence-electron chi connectivity index (χ3n) is 4.24. The molecule has 0 amide bonds. The molecule has 0 radical (unpaired) electrons. The third-order valence-corrected chi connectivity index (χ3v) is 4.24. The largest absolute Gasteiger partial charge is 0.298 e. The molecule has 2 rings (SSSR count).